The summed E-state index contributed by atoms with van der Waals surface area (Å²) in [5, 5.41) is 22.4. The number of aliphatic hydroxyl groups excluding tert-OH is 1. The number of aromatic nitrogens is 4. The van der Waals surface area contributed by atoms with E-state index in [1.165, 1.54) is 4.80 Å². The van der Waals surface area contributed by atoms with Gasteiger partial charge in [0.15, 0.2) is 0 Å². The van der Waals surface area contributed by atoms with Gasteiger partial charge >= 0.3 is 0 Å². The third-order valence-corrected chi connectivity index (χ3v) is 3.42. The van der Waals surface area contributed by atoms with Crippen LogP contribution in [-0.4, -0.2) is 25.3 Å². The maximum absolute atomic E-state index is 9.55. The van der Waals surface area contributed by atoms with Crippen molar-refractivity contribution in [3.8, 4) is 17.1 Å². The van der Waals surface area contributed by atoms with Crippen molar-refractivity contribution in [1.82, 2.24) is 20.2 Å². The summed E-state index contributed by atoms with van der Waals surface area (Å²) < 4.78 is 0. The number of halogens is 1. The van der Waals surface area contributed by atoms with Crippen LogP contribution in [0, 0.1) is 0 Å². The van der Waals surface area contributed by atoms with Crippen LogP contribution in [-0.2, 0) is 0 Å². The van der Waals surface area contributed by atoms with Crippen molar-refractivity contribution in [2.24, 2.45) is 0 Å². The molecule has 21 heavy (non-hydrogen) atoms. The lowest BCUT2D eigenvalue weighted by Gasteiger charge is -2.07. The lowest BCUT2D eigenvalue weighted by Crippen LogP contribution is -2.01. The Bertz CT molecular complexity index is 755. The van der Waals surface area contributed by atoms with Crippen LogP contribution in [0.4, 0.5) is 0 Å². The minimum atomic E-state index is -0.569. The Balaban J connectivity index is 1.97. The van der Waals surface area contributed by atoms with Crippen molar-refractivity contribution in [2.45, 2.75) is 13.0 Å². The molecule has 3 rings (SSSR count). The van der Waals surface area contributed by atoms with Crippen molar-refractivity contribution in [1.29, 1.82) is 0 Å². The normalized spacial score (nSPS) is 12.3. The minimum absolute atomic E-state index is 0.463. The van der Waals surface area contributed by atoms with Gasteiger partial charge in [0.2, 0.25) is 5.82 Å². The number of aliphatic hydroxyl groups is 1. The smallest absolute Gasteiger partial charge is 0.205 e. The van der Waals surface area contributed by atoms with Gasteiger partial charge in [-0.2, -0.15) is 0 Å². The first-order valence-corrected chi connectivity index (χ1v) is 6.86. The van der Waals surface area contributed by atoms with Crippen LogP contribution in [0.3, 0.4) is 0 Å². The van der Waals surface area contributed by atoms with Gasteiger partial charge in [-0.3, -0.25) is 0 Å². The second-order valence-electron chi connectivity index (χ2n) is 4.66. The highest BCUT2D eigenvalue weighted by Crippen LogP contribution is 2.24. The molecule has 5 nitrogen and oxygen atoms in total. The van der Waals surface area contributed by atoms with Crippen molar-refractivity contribution in [3.63, 3.8) is 0 Å². The molecule has 6 heteroatoms. The average Bonchev–Trinajstić information content (AvgIpc) is 2.97. The van der Waals surface area contributed by atoms with Crippen molar-refractivity contribution in [3.05, 3.63) is 59.1 Å². The van der Waals surface area contributed by atoms with Gasteiger partial charge in [-0.15, -0.1) is 15.0 Å². The van der Waals surface area contributed by atoms with E-state index < -0.39 is 6.10 Å². The molecule has 0 unspecified atom stereocenters. The largest absolute Gasteiger partial charge is 0.389 e. The van der Waals surface area contributed by atoms with E-state index in [2.05, 4.69) is 15.4 Å². The SMILES string of the molecule is C[C@H](O)c1ccc(-n2nnc(-c3ccccc3)n2)c(Cl)c1. The number of tetrazole rings is 1. The summed E-state index contributed by atoms with van der Waals surface area (Å²) in [5.41, 5.74) is 2.25. The highest BCUT2D eigenvalue weighted by Gasteiger charge is 2.11. The molecule has 0 saturated carbocycles. The van der Waals surface area contributed by atoms with E-state index in [0.29, 0.717) is 16.5 Å². The van der Waals surface area contributed by atoms with E-state index in [0.717, 1.165) is 11.1 Å². The second-order valence-corrected chi connectivity index (χ2v) is 5.06. The summed E-state index contributed by atoms with van der Waals surface area (Å²) in [6.07, 6.45) is -0.569. The molecular formula is C15H13ClN4O. The van der Waals surface area contributed by atoms with Gasteiger partial charge in [0.05, 0.1) is 11.1 Å². The first-order chi connectivity index (χ1) is 10.1. The molecule has 106 valence electrons. The molecule has 1 N–H and O–H groups in total. The van der Waals surface area contributed by atoms with E-state index in [1.54, 1.807) is 25.1 Å². The fourth-order valence-electron chi connectivity index (χ4n) is 1.96. The van der Waals surface area contributed by atoms with Gasteiger partial charge in [0.25, 0.3) is 0 Å². The van der Waals surface area contributed by atoms with Gasteiger partial charge in [-0.1, -0.05) is 48.0 Å². The highest BCUT2D eigenvalue weighted by atomic mass is 35.5. The van der Waals surface area contributed by atoms with E-state index >= 15 is 0 Å². The molecule has 0 radical (unpaired) electrons. The van der Waals surface area contributed by atoms with E-state index in [9.17, 15) is 5.11 Å². The van der Waals surface area contributed by atoms with Crippen LogP contribution in [0.1, 0.15) is 18.6 Å². The third-order valence-electron chi connectivity index (χ3n) is 3.12. The van der Waals surface area contributed by atoms with Crippen LogP contribution in [0.5, 0.6) is 0 Å². The van der Waals surface area contributed by atoms with Crippen molar-refractivity contribution >= 4 is 11.6 Å². The monoisotopic (exact) mass is 300 g/mol. The number of benzene rings is 2. The molecule has 0 fully saturated rings. The maximum atomic E-state index is 9.55. The summed E-state index contributed by atoms with van der Waals surface area (Å²) in [6, 6.07) is 14.9. The van der Waals surface area contributed by atoms with Crippen LogP contribution in [0.25, 0.3) is 17.1 Å². The molecule has 3 aromatic rings. The fourth-order valence-corrected chi connectivity index (χ4v) is 2.23. The van der Waals surface area contributed by atoms with Crippen molar-refractivity contribution < 1.29 is 5.11 Å². The summed E-state index contributed by atoms with van der Waals surface area (Å²) in [6.45, 7) is 1.69. The minimum Gasteiger partial charge on any atom is -0.389 e. The molecule has 1 aromatic heterocycles. The summed E-state index contributed by atoms with van der Waals surface area (Å²) in [7, 11) is 0. The quantitative estimate of drug-likeness (QED) is 0.807. The Morgan fingerprint density at radius 2 is 1.90 bits per heavy atom. The zero-order valence-corrected chi connectivity index (χ0v) is 12.1. The molecule has 0 aliphatic rings. The van der Waals surface area contributed by atoms with Gasteiger partial charge in [-0.25, -0.2) is 0 Å². The molecule has 1 heterocycles. The molecule has 1 atom stereocenters. The Kier molecular flexibility index (Phi) is 3.68. The molecule has 2 aromatic carbocycles. The second kappa shape index (κ2) is 5.63. The molecule has 0 aliphatic heterocycles. The molecule has 0 saturated heterocycles. The van der Waals surface area contributed by atoms with E-state index in [4.69, 9.17) is 11.6 Å². The van der Waals surface area contributed by atoms with Gasteiger partial charge in [-0.05, 0) is 29.8 Å². The fraction of sp³-hybridized carbons (Fsp3) is 0.133. The standard InChI is InChI=1S/C15H13ClN4O/c1-10(21)12-7-8-14(13(16)9-12)20-18-15(17-19-20)11-5-3-2-4-6-11/h2-10,21H,1H3/t10-/m0/s1. The molecular weight excluding hydrogens is 288 g/mol. The zero-order valence-electron chi connectivity index (χ0n) is 11.3. The zero-order chi connectivity index (χ0) is 14.8. The first kappa shape index (κ1) is 13.7. The Morgan fingerprint density at radius 3 is 2.57 bits per heavy atom. The number of rotatable bonds is 3. The highest BCUT2D eigenvalue weighted by molar-refractivity contribution is 6.32. The number of hydrogen-bond acceptors (Lipinski definition) is 4. The van der Waals surface area contributed by atoms with Gasteiger partial charge in [0, 0.05) is 5.56 Å². The summed E-state index contributed by atoms with van der Waals surface area (Å²) in [4.78, 5) is 1.39. The molecule has 0 aliphatic carbocycles. The molecule has 0 spiro atoms. The van der Waals surface area contributed by atoms with Gasteiger partial charge < -0.3 is 5.11 Å². The third kappa shape index (κ3) is 2.79. The van der Waals surface area contributed by atoms with Crippen LogP contribution in [0.15, 0.2) is 48.5 Å². The number of hydrogen-bond donors (Lipinski definition) is 1. The average molecular weight is 301 g/mol. The topological polar surface area (TPSA) is 63.8 Å². The van der Waals surface area contributed by atoms with E-state index in [-0.39, 0.29) is 0 Å². The number of nitrogens with zero attached hydrogens (tertiary/aromatic N) is 4. The summed E-state index contributed by atoms with van der Waals surface area (Å²) in [5.74, 6) is 0.534. The predicted molar refractivity (Wildman–Crippen MR) is 80.2 cm³/mol. The lowest BCUT2D eigenvalue weighted by molar-refractivity contribution is 0.199. The summed E-state index contributed by atoms with van der Waals surface area (Å²) >= 11 is 6.22. The maximum Gasteiger partial charge on any atom is 0.205 e. The van der Waals surface area contributed by atoms with Crippen LogP contribution < -0.4 is 0 Å². The molecule has 0 bridgehead atoms. The van der Waals surface area contributed by atoms with Gasteiger partial charge in [0.1, 0.15) is 5.69 Å². The Hall–Kier alpha value is -2.24. The first-order valence-electron chi connectivity index (χ1n) is 6.48. The molecule has 0 amide bonds. The Morgan fingerprint density at radius 1 is 1.14 bits per heavy atom. The van der Waals surface area contributed by atoms with E-state index in [1.807, 2.05) is 30.3 Å². The van der Waals surface area contributed by atoms with Crippen molar-refractivity contribution in [2.75, 3.05) is 0 Å². The van der Waals surface area contributed by atoms with Crippen LogP contribution >= 0.6 is 11.6 Å². The lowest BCUT2D eigenvalue weighted by atomic mass is 10.1. The Labute approximate surface area is 126 Å². The van der Waals surface area contributed by atoms with Crippen LogP contribution in [0.2, 0.25) is 5.02 Å². The predicted octanol–water partition coefficient (Wildman–Crippen LogP) is 3.04.